The fourth-order valence-electron chi connectivity index (χ4n) is 4.06. The van der Waals surface area contributed by atoms with Gasteiger partial charge in [-0.25, -0.2) is 0 Å². The van der Waals surface area contributed by atoms with Crippen LogP contribution in [0.4, 0.5) is 5.69 Å². The van der Waals surface area contributed by atoms with Gasteiger partial charge in [-0.1, -0.05) is 24.3 Å². The highest BCUT2D eigenvalue weighted by atomic mass is 16.5. The number of ether oxygens (including phenoxy) is 2. The fraction of sp³-hybridized carbons (Fsp3) is 0.125. The van der Waals surface area contributed by atoms with E-state index in [1.807, 2.05) is 0 Å². The van der Waals surface area contributed by atoms with E-state index < -0.39 is 29.7 Å². The van der Waals surface area contributed by atoms with Crippen LogP contribution in [-0.2, 0) is 11.2 Å². The van der Waals surface area contributed by atoms with Crippen LogP contribution >= 0.6 is 0 Å². The quantitative estimate of drug-likeness (QED) is 0.179. The third kappa shape index (κ3) is 8.10. The van der Waals surface area contributed by atoms with Gasteiger partial charge in [0.15, 0.2) is 0 Å². The number of phenolic OH excluding ortho intramolecular Hbond substituents is 1. The van der Waals surface area contributed by atoms with Crippen LogP contribution in [0.1, 0.15) is 36.6 Å². The molecule has 4 amide bonds. The molecule has 0 aliphatic rings. The Morgan fingerprint density at radius 2 is 1.23 bits per heavy atom. The average molecular weight is 583 g/mol. The molecule has 0 aliphatic carbocycles. The Morgan fingerprint density at radius 1 is 0.674 bits per heavy atom. The molecular formula is C32H30N4O7. The normalized spacial score (nSPS) is 11.0. The Morgan fingerprint density at radius 3 is 1.81 bits per heavy atom. The molecule has 4 aromatic rings. The molecule has 0 heterocycles. The van der Waals surface area contributed by atoms with Crippen molar-refractivity contribution in [2.45, 2.75) is 12.5 Å². The second-order valence-electron chi connectivity index (χ2n) is 9.30. The number of carbonyl (C=O) groups is 4. The summed E-state index contributed by atoms with van der Waals surface area (Å²) < 4.78 is 10.2. The van der Waals surface area contributed by atoms with Crippen molar-refractivity contribution in [2.24, 2.45) is 0 Å². The standard InChI is InChI=1S/C32H30N4O7/c1-42-24-15-9-21(10-16-24)29(38)33-27-6-4-3-5-26(27)31(40)34-28(19-20-7-13-23(37)14-8-20)32(41)36-35-30(39)22-11-17-25(43-2)18-12-22/h3-18,28,37H,19H2,1-2H3,(H,33,38)(H,34,40)(H,35,39)(H,36,41)/t28-/m0/s1. The first-order chi connectivity index (χ1) is 20.8. The number of amides is 4. The Bertz CT molecular complexity index is 1590. The maximum Gasteiger partial charge on any atom is 0.269 e. The zero-order valence-electron chi connectivity index (χ0n) is 23.4. The van der Waals surface area contributed by atoms with Gasteiger partial charge in [0, 0.05) is 17.5 Å². The van der Waals surface area contributed by atoms with Gasteiger partial charge < -0.3 is 25.2 Å². The molecule has 4 aromatic carbocycles. The molecule has 0 fully saturated rings. The minimum atomic E-state index is -1.14. The molecule has 4 rings (SSSR count). The van der Waals surface area contributed by atoms with E-state index in [1.54, 1.807) is 66.7 Å². The Labute approximate surface area is 247 Å². The van der Waals surface area contributed by atoms with Crippen LogP contribution < -0.4 is 31.0 Å². The van der Waals surface area contributed by atoms with E-state index in [0.717, 1.165) is 0 Å². The lowest BCUT2D eigenvalue weighted by atomic mass is 10.0. The molecule has 0 saturated heterocycles. The third-order valence-electron chi connectivity index (χ3n) is 6.42. The monoisotopic (exact) mass is 582 g/mol. The number of para-hydroxylation sites is 1. The summed E-state index contributed by atoms with van der Waals surface area (Å²) in [5.74, 6) is -1.14. The van der Waals surface area contributed by atoms with Crippen LogP contribution in [0.5, 0.6) is 17.2 Å². The van der Waals surface area contributed by atoms with Gasteiger partial charge in [-0.3, -0.25) is 30.0 Å². The van der Waals surface area contributed by atoms with Crippen molar-refractivity contribution in [3.05, 3.63) is 119 Å². The molecule has 220 valence electrons. The number of hydrogen-bond acceptors (Lipinski definition) is 7. The van der Waals surface area contributed by atoms with Crippen molar-refractivity contribution in [2.75, 3.05) is 19.5 Å². The van der Waals surface area contributed by atoms with Crippen molar-refractivity contribution >= 4 is 29.3 Å². The molecule has 0 spiro atoms. The van der Waals surface area contributed by atoms with Gasteiger partial charge in [0.1, 0.15) is 23.3 Å². The van der Waals surface area contributed by atoms with E-state index in [4.69, 9.17) is 9.47 Å². The molecule has 0 unspecified atom stereocenters. The first-order valence-corrected chi connectivity index (χ1v) is 13.1. The highest BCUT2D eigenvalue weighted by Crippen LogP contribution is 2.19. The van der Waals surface area contributed by atoms with Gasteiger partial charge in [-0.2, -0.15) is 0 Å². The lowest BCUT2D eigenvalue weighted by Gasteiger charge is -2.20. The molecule has 0 saturated carbocycles. The first kappa shape index (κ1) is 30.1. The predicted octanol–water partition coefficient (Wildman–Crippen LogP) is 3.46. The molecule has 5 N–H and O–H groups in total. The number of rotatable bonds is 10. The number of anilines is 1. The van der Waals surface area contributed by atoms with Gasteiger partial charge in [0.2, 0.25) is 0 Å². The lowest BCUT2D eigenvalue weighted by Crippen LogP contribution is -2.53. The number of phenols is 1. The number of hydrazine groups is 1. The predicted molar refractivity (Wildman–Crippen MR) is 159 cm³/mol. The molecule has 0 aliphatic heterocycles. The van der Waals surface area contributed by atoms with E-state index >= 15 is 0 Å². The highest BCUT2D eigenvalue weighted by molar-refractivity contribution is 6.09. The Kier molecular flexibility index (Phi) is 9.93. The summed E-state index contributed by atoms with van der Waals surface area (Å²) in [4.78, 5) is 52.1. The van der Waals surface area contributed by atoms with Crippen LogP contribution in [0.3, 0.4) is 0 Å². The largest absolute Gasteiger partial charge is 0.508 e. The number of aromatic hydroxyl groups is 1. The van der Waals surface area contributed by atoms with Crippen LogP contribution in [0.25, 0.3) is 0 Å². The summed E-state index contributed by atoms with van der Waals surface area (Å²) in [5.41, 5.74) is 6.34. The smallest absolute Gasteiger partial charge is 0.269 e. The summed E-state index contributed by atoms with van der Waals surface area (Å²) >= 11 is 0. The fourth-order valence-corrected chi connectivity index (χ4v) is 4.06. The molecule has 11 nitrogen and oxygen atoms in total. The maximum atomic E-state index is 13.4. The maximum absolute atomic E-state index is 13.4. The number of hydrogen-bond donors (Lipinski definition) is 5. The first-order valence-electron chi connectivity index (χ1n) is 13.1. The second kappa shape index (κ2) is 14.2. The minimum Gasteiger partial charge on any atom is -0.508 e. The molecule has 0 radical (unpaired) electrons. The Balaban J connectivity index is 1.49. The van der Waals surface area contributed by atoms with Crippen molar-refractivity contribution in [1.82, 2.24) is 16.2 Å². The van der Waals surface area contributed by atoms with E-state index in [9.17, 15) is 24.3 Å². The molecule has 1 atom stereocenters. The van der Waals surface area contributed by atoms with Gasteiger partial charge >= 0.3 is 0 Å². The Hall–Kier alpha value is -5.84. The summed E-state index contributed by atoms with van der Waals surface area (Å²) in [6, 6.07) is 24.1. The summed E-state index contributed by atoms with van der Waals surface area (Å²) in [6.45, 7) is 0. The van der Waals surface area contributed by atoms with E-state index in [2.05, 4.69) is 21.5 Å². The van der Waals surface area contributed by atoms with Gasteiger partial charge in [-0.05, 0) is 78.4 Å². The van der Waals surface area contributed by atoms with Crippen LogP contribution in [0.15, 0.2) is 97.1 Å². The molecule has 43 heavy (non-hydrogen) atoms. The van der Waals surface area contributed by atoms with E-state index in [0.29, 0.717) is 22.6 Å². The number of nitrogens with one attached hydrogen (secondary N) is 4. The van der Waals surface area contributed by atoms with Crippen molar-refractivity contribution in [3.63, 3.8) is 0 Å². The zero-order chi connectivity index (χ0) is 30.8. The summed E-state index contributed by atoms with van der Waals surface area (Å²) in [6.07, 6.45) is 0.0383. The third-order valence-corrected chi connectivity index (χ3v) is 6.42. The minimum absolute atomic E-state index is 0.0383. The summed E-state index contributed by atoms with van der Waals surface area (Å²) in [7, 11) is 3.03. The average Bonchev–Trinajstić information content (AvgIpc) is 3.04. The van der Waals surface area contributed by atoms with Gasteiger partial charge in [0.25, 0.3) is 23.6 Å². The van der Waals surface area contributed by atoms with Crippen molar-refractivity contribution < 1.29 is 33.8 Å². The summed E-state index contributed by atoms with van der Waals surface area (Å²) in [5, 5.41) is 15.1. The highest BCUT2D eigenvalue weighted by Gasteiger charge is 2.24. The van der Waals surface area contributed by atoms with E-state index in [1.165, 1.54) is 44.6 Å². The number of benzene rings is 4. The number of carbonyl (C=O) groups excluding carboxylic acids is 4. The molecular weight excluding hydrogens is 552 g/mol. The molecule has 0 aromatic heterocycles. The second-order valence-corrected chi connectivity index (χ2v) is 9.30. The van der Waals surface area contributed by atoms with Crippen LogP contribution in [0, 0.1) is 0 Å². The SMILES string of the molecule is COc1ccc(C(=O)NNC(=O)[C@H](Cc2ccc(O)cc2)NC(=O)c2ccccc2NC(=O)c2ccc(OC)cc2)cc1. The topological polar surface area (TPSA) is 155 Å². The van der Waals surface area contributed by atoms with E-state index in [-0.39, 0.29) is 29.0 Å². The molecule has 0 bridgehead atoms. The van der Waals surface area contributed by atoms with Gasteiger partial charge in [0.05, 0.1) is 25.5 Å². The lowest BCUT2D eigenvalue weighted by molar-refractivity contribution is -0.123. The van der Waals surface area contributed by atoms with Crippen LogP contribution in [-0.4, -0.2) is 49.0 Å². The van der Waals surface area contributed by atoms with Crippen molar-refractivity contribution in [1.29, 1.82) is 0 Å². The molecule has 11 heteroatoms. The van der Waals surface area contributed by atoms with Crippen LogP contribution in [0.2, 0.25) is 0 Å². The number of methoxy groups -OCH3 is 2. The van der Waals surface area contributed by atoms with Crippen molar-refractivity contribution in [3.8, 4) is 17.2 Å². The zero-order valence-corrected chi connectivity index (χ0v) is 23.4. The van der Waals surface area contributed by atoms with Gasteiger partial charge in [-0.15, -0.1) is 0 Å².